The van der Waals surface area contributed by atoms with Crippen molar-refractivity contribution in [1.29, 1.82) is 0 Å². The van der Waals surface area contributed by atoms with Gasteiger partial charge in [-0.2, -0.15) is 0 Å². The molecule has 2 N–H and O–H groups in total. The van der Waals surface area contributed by atoms with Gasteiger partial charge in [0.15, 0.2) is 16.6 Å². The van der Waals surface area contributed by atoms with Gasteiger partial charge < -0.3 is 15.1 Å². The molecule has 0 aliphatic heterocycles. The summed E-state index contributed by atoms with van der Waals surface area (Å²) in [7, 11) is 0. The number of thioether (sulfide) groups is 1. The summed E-state index contributed by atoms with van der Waals surface area (Å²) in [6, 6.07) is 13.5. The Morgan fingerprint density at radius 1 is 1.25 bits per heavy atom. The number of aryl methyl sites for hydroxylation is 1. The molecule has 0 atom stereocenters. The number of nitrogens with zero attached hydrogens (tertiary/aromatic N) is 1. The lowest BCUT2D eigenvalue weighted by Gasteiger charge is -2.10. The standard InChI is InChI=1S/C17H16ClN3OS2/c1-11-20-15-10-13(4-7-16(15)22-11)21-17(23)19-8-9-24-14-5-2-12(18)3-6-14/h2-7,10H,8-9H2,1H3,(H2,19,21,23). The van der Waals surface area contributed by atoms with Crippen LogP contribution in [-0.4, -0.2) is 22.4 Å². The number of hydrogen-bond acceptors (Lipinski definition) is 4. The molecule has 7 heteroatoms. The van der Waals surface area contributed by atoms with Crippen molar-refractivity contribution in [2.24, 2.45) is 0 Å². The van der Waals surface area contributed by atoms with Crippen molar-refractivity contribution in [3.8, 4) is 0 Å². The third kappa shape index (κ3) is 4.63. The second-order valence-corrected chi connectivity index (χ2v) is 7.11. The van der Waals surface area contributed by atoms with E-state index in [-0.39, 0.29) is 0 Å². The Bertz CT molecular complexity index is 849. The lowest BCUT2D eigenvalue weighted by atomic mass is 10.3. The molecule has 24 heavy (non-hydrogen) atoms. The van der Waals surface area contributed by atoms with E-state index in [0.717, 1.165) is 34.1 Å². The molecule has 0 aliphatic rings. The molecule has 0 aliphatic carbocycles. The number of rotatable bonds is 5. The molecule has 3 aromatic rings. The largest absolute Gasteiger partial charge is 0.441 e. The molecule has 124 valence electrons. The molecule has 0 radical (unpaired) electrons. The minimum absolute atomic E-state index is 0.589. The number of fused-ring (bicyclic) bond motifs is 1. The van der Waals surface area contributed by atoms with Crippen LogP contribution < -0.4 is 10.6 Å². The highest BCUT2D eigenvalue weighted by Crippen LogP contribution is 2.20. The number of hydrogen-bond donors (Lipinski definition) is 2. The predicted molar refractivity (Wildman–Crippen MR) is 105 cm³/mol. The van der Waals surface area contributed by atoms with Crippen LogP contribution in [0.15, 0.2) is 51.8 Å². The van der Waals surface area contributed by atoms with Crippen molar-refractivity contribution in [2.45, 2.75) is 11.8 Å². The van der Waals surface area contributed by atoms with Crippen LogP contribution in [0.3, 0.4) is 0 Å². The Kier molecular flexibility index (Phi) is 5.60. The van der Waals surface area contributed by atoms with Crippen LogP contribution in [-0.2, 0) is 0 Å². The number of aromatic nitrogens is 1. The van der Waals surface area contributed by atoms with Gasteiger partial charge in [-0.15, -0.1) is 11.8 Å². The van der Waals surface area contributed by atoms with Gasteiger partial charge in [-0.3, -0.25) is 0 Å². The van der Waals surface area contributed by atoms with Crippen molar-refractivity contribution in [3.63, 3.8) is 0 Å². The maximum atomic E-state index is 5.87. The zero-order chi connectivity index (χ0) is 16.9. The molecule has 3 rings (SSSR count). The highest BCUT2D eigenvalue weighted by Gasteiger charge is 2.04. The molecule has 0 amide bonds. The van der Waals surface area contributed by atoms with E-state index < -0.39 is 0 Å². The van der Waals surface area contributed by atoms with Crippen molar-refractivity contribution >= 4 is 57.5 Å². The van der Waals surface area contributed by atoms with E-state index in [9.17, 15) is 0 Å². The van der Waals surface area contributed by atoms with Gasteiger partial charge in [0.25, 0.3) is 0 Å². The third-order valence-corrected chi connectivity index (χ3v) is 4.73. The Morgan fingerprint density at radius 2 is 2.04 bits per heavy atom. The van der Waals surface area contributed by atoms with Crippen LogP contribution in [0.25, 0.3) is 11.1 Å². The summed E-state index contributed by atoms with van der Waals surface area (Å²) in [5.41, 5.74) is 2.48. The Labute approximate surface area is 155 Å². The van der Waals surface area contributed by atoms with E-state index in [2.05, 4.69) is 15.6 Å². The molecule has 1 heterocycles. The van der Waals surface area contributed by atoms with Crippen LogP contribution in [0, 0.1) is 6.92 Å². The van der Waals surface area contributed by atoms with E-state index in [1.54, 1.807) is 11.8 Å². The lowest BCUT2D eigenvalue weighted by molar-refractivity contribution is 0.561. The maximum absolute atomic E-state index is 5.87. The summed E-state index contributed by atoms with van der Waals surface area (Å²) in [6.07, 6.45) is 0. The van der Waals surface area contributed by atoms with Crippen LogP contribution in [0.5, 0.6) is 0 Å². The second kappa shape index (κ2) is 7.88. The van der Waals surface area contributed by atoms with Crippen molar-refractivity contribution in [1.82, 2.24) is 10.3 Å². The molecule has 0 fully saturated rings. The van der Waals surface area contributed by atoms with Crippen molar-refractivity contribution in [2.75, 3.05) is 17.6 Å². The van der Waals surface area contributed by atoms with Gasteiger partial charge in [-0.05, 0) is 54.7 Å². The average Bonchev–Trinajstić information content (AvgIpc) is 2.92. The number of anilines is 1. The van der Waals surface area contributed by atoms with E-state index >= 15 is 0 Å². The first-order chi connectivity index (χ1) is 11.6. The van der Waals surface area contributed by atoms with Gasteiger partial charge >= 0.3 is 0 Å². The Morgan fingerprint density at radius 3 is 2.83 bits per heavy atom. The van der Waals surface area contributed by atoms with Crippen LogP contribution in [0.1, 0.15) is 5.89 Å². The van der Waals surface area contributed by atoms with Crippen LogP contribution in [0.2, 0.25) is 5.02 Å². The summed E-state index contributed by atoms with van der Waals surface area (Å²) in [6.45, 7) is 2.60. The number of nitrogens with one attached hydrogen (secondary N) is 2. The van der Waals surface area contributed by atoms with Crippen molar-refractivity contribution in [3.05, 3.63) is 53.4 Å². The van der Waals surface area contributed by atoms with Gasteiger partial charge in [-0.25, -0.2) is 4.98 Å². The molecule has 0 spiro atoms. The molecule has 0 bridgehead atoms. The quantitative estimate of drug-likeness (QED) is 0.376. The number of benzene rings is 2. The SMILES string of the molecule is Cc1nc2cc(NC(=S)NCCSc3ccc(Cl)cc3)ccc2o1. The first-order valence-electron chi connectivity index (χ1n) is 7.40. The minimum atomic E-state index is 0.589. The molecule has 1 aromatic heterocycles. The fraction of sp³-hybridized carbons (Fsp3) is 0.176. The second-order valence-electron chi connectivity index (χ2n) is 5.10. The topological polar surface area (TPSA) is 50.1 Å². The molecular formula is C17H16ClN3OS2. The van der Waals surface area contributed by atoms with Gasteiger partial charge in [0.1, 0.15) is 5.52 Å². The fourth-order valence-corrected chi connectivity index (χ4v) is 3.27. The van der Waals surface area contributed by atoms with Gasteiger partial charge in [0.2, 0.25) is 0 Å². The van der Waals surface area contributed by atoms with Crippen molar-refractivity contribution < 1.29 is 4.42 Å². The molecule has 0 saturated carbocycles. The summed E-state index contributed by atoms with van der Waals surface area (Å²) < 4.78 is 5.46. The van der Waals surface area contributed by atoms with Gasteiger partial charge in [0, 0.05) is 34.8 Å². The number of oxazole rings is 1. The Hall–Kier alpha value is -1.76. The first-order valence-corrected chi connectivity index (χ1v) is 9.18. The molecule has 4 nitrogen and oxygen atoms in total. The summed E-state index contributed by atoms with van der Waals surface area (Å²) in [5.74, 6) is 1.56. The Balaban J connectivity index is 1.45. The summed E-state index contributed by atoms with van der Waals surface area (Å²) >= 11 is 12.9. The van der Waals surface area contributed by atoms with E-state index in [1.165, 1.54) is 4.90 Å². The molecule has 2 aromatic carbocycles. The van der Waals surface area contributed by atoms with E-state index in [4.69, 9.17) is 28.2 Å². The zero-order valence-corrected chi connectivity index (χ0v) is 15.4. The van der Waals surface area contributed by atoms with Crippen LogP contribution >= 0.6 is 35.6 Å². The highest BCUT2D eigenvalue weighted by atomic mass is 35.5. The number of thiocarbonyl (C=S) groups is 1. The van der Waals surface area contributed by atoms with Gasteiger partial charge in [0.05, 0.1) is 0 Å². The van der Waals surface area contributed by atoms with E-state index in [0.29, 0.717) is 11.0 Å². The monoisotopic (exact) mass is 377 g/mol. The average molecular weight is 378 g/mol. The summed E-state index contributed by atoms with van der Waals surface area (Å²) in [5, 5.41) is 7.70. The fourth-order valence-electron chi connectivity index (χ4n) is 2.16. The van der Waals surface area contributed by atoms with E-state index in [1.807, 2.05) is 49.4 Å². The summed E-state index contributed by atoms with van der Waals surface area (Å²) in [4.78, 5) is 5.50. The van der Waals surface area contributed by atoms with Gasteiger partial charge in [-0.1, -0.05) is 11.6 Å². The maximum Gasteiger partial charge on any atom is 0.192 e. The normalized spacial score (nSPS) is 10.8. The first kappa shape index (κ1) is 17.1. The molecule has 0 saturated heterocycles. The van der Waals surface area contributed by atoms with Crippen LogP contribution in [0.4, 0.5) is 5.69 Å². The molecular weight excluding hydrogens is 362 g/mol. The smallest absolute Gasteiger partial charge is 0.192 e. The predicted octanol–water partition coefficient (Wildman–Crippen LogP) is 4.87. The third-order valence-electron chi connectivity index (χ3n) is 3.22. The highest BCUT2D eigenvalue weighted by molar-refractivity contribution is 7.99. The minimum Gasteiger partial charge on any atom is -0.441 e. The number of halogens is 1. The lowest BCUT2D eigenvalue weighted by Crippen LogP contribution is -2.30. The molecule has 0 unspecified atom stereocenters. The zero-order valence-electron chi connectivity index (χ0n) is 13.0.